The molecule has 2 aromatic heterocycles. The van der Waals surface area contributed by atoms with Crippen molar-refractivity contribution in [3.63, 3.8) is 0 Å². The van der Waals surface area contributed by atoms with Crippen LogP contribution in [0, 0.1) is 0 Å². The van der Waals surface area contributed by atoms with Crippen molar-refractivity contribution in [1.29, 1.82) is 0 Å². The van der Waals surface area contributed by atoms with Gasteiger partial charge >= 0.3 is 0 Å². The van der Waals surface area contributed by atoms with Crippen molar-refractivity contribution < 1.29 is 4.74 Å². The Hall–Kier alpha value is -1.55. The smallest absolute Gasteiger partial charge is 0.160 e. The van der Waals surface area contributed by atoms with Crippen molar-refractivity contribution in [2.24, 2.45) is 0 Å². The van der Waals surface area contributed by atoms with E-state index in [0.29, 0.717) is 0 Å². The summed E-state index contributed by atoms with van der Waals surface area (Å²) in [5.41, 5.74) is 0. The maximum atomic E-state index is 5.65. The number of rotatable bonds is 0. The standard InChI is InChI=1S/C10H6N2OS/c1-2-8-10(12-4-1)14-9-6-11-5-3-7(9)13-8/h1-6H. The van der Waals surface area contributed by atoms with Crippen LogP contribution in [0.25, 0.3) is 0 Å². The summed E-state index contributed by atoms with van der Waals surface area (Å²) in [5, 5.41) is 0.896. The van der Waals surface area contributed by atoms with Crippen LogP contribution in [0.1, 0.15) is 0 Å². The van der Waals surface area contributed by atoms with Crippen molar-refractivity contribution in [1.82, 2.24) is 9.97 Å². The number of aromatic nitrogens is 2. The first kappa shape index (κ1) is 7.82. The molecule has 0 saturated heterocycles. The topological polar surface area (TPSA) is 35.0 Å². The van der Waals surface area contributed by atoms with Gasteiger partial charge in [-0.15, -0.1) is 0 Å². The molecule has 0 atom stereocenters. The van der Waals surface area contributed by atoms with E-state index in [4.69, 9.17) is 4.74 Å². The van der Waals surface area contributed by atoms with E-state index in [2.05, 4.69) is 9.97 Å². The fourth-order valence-corrected chi connectivity index (χ4v) is 2.14. The van der Waals surface area contributed by atoms with Gasteiger partial charge in [-0.3, -0.25) is 4.98 Å². The van der Waals surface area contributed by atoms with Gasteiger partial charge in [0.05, 0.1) is 4.90 Å². The molecule has 1 aliphatic heterocycles. The van der Waals surface area contributed by atoms with Gasteiger partial charge in [-0.2, -0.15) is 0 Å². The second-order valence-corrected chi connectivity index (χ2v) is 3.86. The molecule has 2 aromatic rings. The Bertz CT molecular complexity index is 400. The number of pyridine rings is 2. The molecule has 0 radical (unpaired) electrons. The molecule has 1 aliphatic rings. The normalized spacial score (nSPS) is 12.6. The summed E-state index contributed by atoms with van der Waals surface area (Å²) >= 11 is 1.58. The zero-order valence-electron chi connectivity index (χ0n) is 7.18. The van der Waals surface area contributed by atoms with Gasteiger partial charge in [0.15, 0.2) is 5.75 Å². The Morgan fingerprint density at radius 1 is 1.14 bits per heavy atom. The van der Waals surface area contributed by atoms with E-state index in [-0.39, 0.29) is 0 Å². The summed E-state index contributed by atoms with van der Waals surface area (Å²) < 4.78 is 5.65. The monoisotopic (exact) mass is 202 g/mol. The fourth-order valence-electron chi connectivity index (χ4n) is 1.28. The lowest BCUT2D eigenvalue weighted by molar-refractivity contribution is 0.448. The Kier molecular flexibility index (Phi) is 1.67. The summed E-state index contributed by atoms with van der Waals surface area (Å²) in [6, 6.07) is 5.64. The first-order chi connectivity index (χ1) is 6.93. The summed E-state index contributed by atoms with van der Waals surface area (Å²) in [7, 11) is 0. The molecular weight excluding hydrogens is 196 g/mol. The summed E-state index contributed by atoms with van der Waals surface area (Å²) in [6.07, 6.45) is 5.27. The van der Waals surface area contributed by atoms with Gasteiger partial charge in [0.1, 0.15) is 10.8 Å². The van der Waals surface area contributed by atoms with E-state index < -0.39 is 0 Å². The van der Waals surface area contributed by atoms with E-state index in [1.54, 1.807) is 30.4 Å². The van der Waals surface area contributed by atoms with E-state index >= 15 is 0 Å². The Balaban J connectivity index is 2.12. The van der Waals surface area contributed by atoms with Crippen molar-refractivity contribution >= 4 is 11.8 Å². The molecule has 4 heteroatoms. The van der Waals surface area contributed by atoms with Crippen molar-refractivity contribution in [2.75, 3.05) is 0 Å². The molecule has 0 bridgehead atoms. The highest BCUT2D eigenvalue weighted by atomic mass is 32.2. The molecule has 0 amide bonds. The minimum Gasteiger partial charge on any atom is -0.453 e. The number of hydrogen-bond acceptors (Lipinski definition) is 4. The van der Waals surface area contributed by atoms with E-state index in [1.165, 1.54) is 0 Å². The zero-order chi connectivity index (χ0) is 9.38. The molecule has 68 valence electrons. The van der Waals surface area contributed by atoms with Crippen LogP contribution < -0.4 is 4.74 Å². The van der Waals surface area contributed by atoms with Crippen LogP contribution in [0.3, 0.4) is 0 Å². The minimum absolute atomic E-state index is 0.816. The molecular formula is C10H6N2OS. The molecule has 0 N–H and O–H groups in total. The van der Waals surface area contributed by atoms with Crippen LogP contribution in [0.4, 0.5) is 0 Å². The van der Waals surface area contributed by atoms with Gasteiger partial charge in [0, 0.05) is 24.7 Å². The maximum Gasteiger partial charge on any atom is 0.160 e. The van der Waals surface area contributed by atoms with Gasteiger partial charge in [-0.1, -0.05) is 11.8 Å². The Morgan fingerprint density at radius 3 is 3.14 bits per heavy atom. The molecule has 3 rings (SSSR count). The molecule has 14 heavy (non-hydrogen) atoms. The molecule has 0 aliphatic carbocycles. The highest BCUT2D eigenvalue weighted by Crippen LogP contribution is 2.44. The second kappa shape index (κ2) is 2.99. The number of ether oxygens (including phenoxy) is 1. The lowest BCUT2D eigenvalue weighted by Gasteiger charge is -2.17. The second-order valence-electron chi connectivity index (χ2n) is 2.83. The van der Waals surface area contributed by atoms with Crippen molar-refractivity contribution in [3.8, 4) is 11.5 Å². The third-order valence-corrected chi connectivity index (χ3v) is 2.94. The molecule has 0 aromatic carbocycles. The fraction of sp³-hybridized carbons (Fsp3) is 0. The van der Waals surface area contributed by atoms with Gasteiger partial charge in [-0.25, -0.2) is 4.98 Å². The summed E-state index contributed by atoms with van der Waals surface area (Å²) in [6.45, 7) is 0. The molecule has 0 fully saturated rings. The molecule has 0 saturated carbocycles. The van der Waals surface area contributed by atoms with Crippen LogP contribution in [-0.2, 0) is 0 Å². The quantitative estimate of drug-likeness (QED) is 0.561. The van der Waals surface area contributed by atoms with E-state index in [1.807, 2.05) is 18.2 Å². The van der Waals surface area contributed by atoms with Crippen LogP contribution in [0.5, 0.6) is 11.5 Å². The van der Waals surface area contributed by atoms with Gasteiger partial charge < -0.3 is 4.74 Å². The molecule has 0 unspecified atom stereocenters. The van der Waals surface area contributed by atoms with Crippen LogP contribution in [-0.4, -0.2) is 9.97 Å². The predicted octanol–water partition coefficient (Wildman–Crippen LogP) is 2.73. The minimum atomic E-state index is 0.816. The average Bonchev–Trinajstić information content (AvgIpc) is 2.26. The van der Waals surface area contributed by atoms with Gasteiger partial charge in [0.2, 0.25) is 0 Å². The lowest BCUT2D eigenvalue weighted by Crippen LogP contribution is -1.96. The number of hydrogen-bond donors (Lipinski definition) is 0. The largest absolute Gasteiger partial charge is 0.453 e. The lowest BCUT2D eigenvalue weighted by atomic mass is 10.4. The molecule has 0 spiro atoms. The van der Waals surface area contributed by atoms with Crippen LogP contribution >= 0.6 is 11.8 Å². The number of nitrogens with zero attached hydrogens (tertiary/aromatic N) is 2. The first-order valence-electron chi connectivity index (χ1n) is 4.18. The van der Waals surface area contributed by atoms with Crippen LogP contribution in [0.15, 0.2) is 46.7 Å². The molecule has 3 heterocycles. The predicted molar refractivity (Wildman–Crippen MR) is 52.7 cm³/mol. The van der Waals surface area contributed by atoms with Crippen molar-refractivity contribution in [3.05, 3.63) is 36.8 Å². The van der Waals surface area contributed by atoms with Crippen molar-refractivity contribution in [2.45, 2.75) is 9.92 Å². The molecule has 3 nitrogen and oxygen atoms in total. The van der Waals surface area contributed by atoms with Crippen LogP contribution in [0.2, 0.25) is 0 Å². The third kappa shape index (κ3) is 1.15. The highest BCUT2D eigenvalue weighted by molar-refractivity contribution is 7.99. The summed E-state index contributed by atoms with van der Waals surface area (Å²) in [4.78, 5) is 9.28. The summed E-state index contributed by atoms with van der Waals surface area (Å²) in [5.74, 6) is 1.67. The Morgan fingerprint density at radius 2 is 2.14 bits per heavy atom. The number of fused-ring (bicyclic) bond motifs is 2. The third-order valence-electron chi connectivity index (χ3n) is 1.91. The first-order valence-corrected chi connectivity index (χ1v) is 5.00. The highest BCUT2D eigenvalue weighted by Gasteiger charge is 2.17. The van der Waals surface area contributed by atoms with Gasteiger partial charge in [-0.05, 0) is 12.1 Å². The zero-order valence-corrected chi connectivity index (χ0v) is 7.99. The Labute approximate surface area is 85.2 Å². The van der Waals surface area contributed by atoms with E-state index in [0.717, 1.165) is 21.4 Å². The average molecular weight is 202 g/mol. The van der Waals surface area contributed by atoms with E-state index in [9.17, 15) is 0 Å². The SMILES string of the molecule is c1cnc2c(c1)Oc1ccncc1S2. The maximum absolute atomic E-state index is 5.65. The van der Waals surface area contributed by atoms with Gasteiger partial charge in [0.25, 0.3) is 0 Å².